The van der Waals surface area contributed by atoms with Crippen LogP contribution in [-0.2, 0) is 14.8 Å². The average Bonchev–Trinajstić information content (AvgIpc) is 2.44. The van der Waals surface area contributed by atoms with Crippen molar-refractivity contribution in [1.29, 1.82) is 0 Å². The van der Waals surface area contributed by atoms with Crippen molar-refractivity contribution in [2.24, 2.45) is 0 Å². The summed E-state index contributed by atoms with van der Waals surface area (Å²) < 4.78 is 25.7. The lowest BCUT2D eigenvalue weighted by atomic mass is 10.2. The van der Waals surface area contributed by atoms with Crippen LogP contribution in [0.4, 0.5) is 5.69 Å². The topological polar surface area (TPSA) is 66.5 Å². The SMILES string of the molecule is Cc1ccc(N([C@H](C)C(=O)NCCSC(C)(C)C)S(C)(=O)=O)cc1Cl. The zero-order chi connectivity index (χ0) is 19.4. The average molecular weight is 407 g/mol. The first-order valence-electron chi connectivity index (χ1n) is 8.00. The minimum absolute atomic E-state index is 0.119. The fourth-order valence-electron chi connectivity index (χ4n) is 2.21. The first kappa shape index (κ1) is 22.1. The third-order valence-electron chi connectivity index (χ3n) is 3.43. The van der Waals surface area contributed by atoms with E-state index in [-0.39, 0.29) is 10.7 Å². The van der Waals surface area contributed by atoms with Gasteiger partial charge < -0.3 is 5.32 Å². The Kier molecular flexibility index (Phi) is 7.65. The number of thioether (sulfide) groups is 1. The number of carbonyl (C=O) groups excluding carboxylic acids is 1. The van der Waals surface area contributed by atoms with Gasteiger partial charge in [0.05, 0.1) is 11.9 Å². The zero-order valence-electron chi connectivity index (χ0n) is 15.6. The van der Waals surface area contributed by atoms with Crippen LogP contribution in [-0.4, -0.2) is 43.7 Å². The first-order valence-corrected chi connectivity index (χ1v) is 11.2. The van der Waals surface area contributed by atoms with Crippen LogP contribution in [0.15, 0.2) is 18.2 Å². The van der Waals surface area contributed by atoms with Crippen LogP contribution in [0.5, 0.6) is 0 Å². The molecule has 0 spiro atoms. The van der Waals surface area contributed by atoms with Crippen LogP contribution >= 0.6 is 23.4 Å². The lowest BCUT2D eigenvalue weighted by molar-refractivity contribution is -0.121. The second-order valence-electron chi connectivity index (χ2n) is 6.92. The standard InChI is InChI=1S/C17H27ClN2O3S2/c1-12-7-8-14(11-15(12)18)20(25(6,22)23)13(2)16(21)19-9-10-24-17(3,4)5/h7-8,11,13H,9-10H2,1-6H3,(H,19,21)/t13-/m1/s1. The van der Waals surface area contributed by atoms with Crippen molar-refractivity contribution in [3.63, 3.8) is 0 Å². The van der Waals surface area contributed by atoms with Gasteiger partial charge in [-0.3, -0.25) is 9.10 Å². The van der Waals surface area contributed by atoms with Crippen LogP contribution in [0.1, 0.15) is 33.3 Å². The lowest BCUT2D eigenvalue weighted by Gasteiger charge is -2.28. The van der Waals surface area contributed by atoms with Gasteiger partial charge in [0.1, 0.15) is 6.04 Å². The van der Waals surface area contributed by atoms with Gasteiger partial charge in [-0.15, -0.1) is 0 Å². The molecule has 0 heterocycles. The highest BCUT2D eigenvalue weighted by Gasteiger charge is 2.29. The molecule has 1 amide bonds. The minimum atomic E-state index is -3.64. The van der Waals surface area contributed by atoms with Gasteiger partial charge in [0.15, 0.2) is 0 Å². The second-order valence-corrected chi connectivity index (χ2v) is 11.1. The number of halogens is 1. The van der Waals surface area contributed by atoms with Crippen LogP contribution in [0.2, 0.25) is 5.02 Å². The van der Waals surface area contributed by atoms with Crippen LogP contribution < -0.4 is 9.62 Å². The lowest BCUT2D eigenvalue weighted by Crippen LogP contribution is -2.48. The number of aryl methyl sites for hydroxylation is 1. The molecule has 5 nitrogen and oxygen atoms in total. The molecule has 8 heteroatoms. The van der Waals surface area contributed by atoms with E-state index in [0.717, 1.165) is 21.9 Å². The number of carbonyl (C=O) groups is 1. The number of rotatable bonds is 7. The van der Waals surface area contributed by atoms with Crippen LogP contribution in [0.3, 0.4) is 0 Å². The summed E-state index contributed by atoms with van der Waals surface area (Å²) >= 11 is 7.85. The Balaban J connectivity index is 2.89. The molecule has 0 saturated heterocycles. The summed E-state index contributed by atoms with van der Waals surface area (Å²) in [5.41, 5.74) is 1.22. The number of sulfonamides is 1. The van der Waals surface area contributed by atoms with E-state index < -0.39 is 16.1 Å². The fraction of sp³-hybridized carbons (Fsp3) is 0.588. The van der Waals surface area contributed by atoms with Gasteiger partial charge in [-0.05, 0) is 31.5 Å². The molecule has 0 radical (unpaired) electrons. The van der Waals surface area contributed by atoms with Crippen molar-refractivity contribution in [3.05, 3.63) is 28.8 Å². The minimum Gasteiger partial charge on any atom is -0.353 e. The maximum atomic E-state index is 12.4. The molecule has 0 aliphatic carbocycles. The number of hydrogen-bond donors (Lipinski definition) is 1. The largest absolute Gasteiger partial charge is 0.353 e. The Bertz CT molecular complexity index is 715. The second kappa shape index (κ2) is 8.64. The summed E-state index contributed by atoms with van der Waals surface area (Å²) in [5.74, 6) is 0.425. The molecule has 0 aliphatic rings. The summed E-state index contributed by atoms with van der Waals surface area (Å²) in [6.45, 7) is 10.2. The molecule has 0 bridgehead atoms. The maximum Gasteiger partial charge on any atom is 0.243 e. The Hall–Kier alpha value is -0.920. The number of nitrogens with zero attached hydrogens (tertiary/aromatic N) is 1. The molecule has 0 aliphatic heterocycles. The monoisotopic (exact) mass is 406 g/mol. The van der Waals surface area contributed by atoms with E-state index in [1.54, 1.807) is 36.9 Å². The number of benzene rings is 1. The van der Waals surface area contributed by atoms with Crippen molar-refractivity contribution in [2.75, 3.05) is 22.9 Å². The van der Waals surface area contributed by atoms with E-state index in [0.29, 0.717) is 17.3 Å². The Morgan fingerprint density at radius 1 is 1.36 bits per heavy atom. The number of nitrogens with one attached hydrogen (secondary N) is 1. The van der Waals surface area contributed by atoms with E-state index in [1.807, 2.05) is 6.92 Å². The smallest absolute Gasteiger partial charge is 0.243 e. The van der Waals surface area contributed by atoms with Crippen molar-refractivity contribution in [1.82, 2.24) is 5.32 Å². The number of amides is 1. The Morgan fingerprint density at radius 3 is 2.44 bits per heavy atom. The van der Waals surface area contributed by atoms with E-state index in [9.17, 15) is 13.2 Å². The number of anilines is 1. The third kappa shape index (κ3) is 7.07. The summed E-state index contributed by atoms with van der Waals surface area (Å²) in [5, 5.41) is 3.26. The highest BCUT2D eigenvalue weighted by Crippen LogP contribution is 2.27. The molecule has 1 rings (SSSR count). The van der Waals surface area contributed by atoms with Crippen LogP contribution in [0, 0.1) is 6.92 Å². The van der Waals surface area contributed by atoms with Crippen molar-refractivity contribution in [2.45, 2.75) is 45.4 Å². The summed E-state index contributed by atoms with van der Waals surface area (Å²) in [4.78, 5) is 12.4. The molecule has 0 unspecified atom stereocenters. The Labute approximate surface area is 160 Å². The Morgan fingerprint density at radius 2 is 1.96 bits per heavy atom. The van der Waals surface area contributed by atoms with E-state index in [1.165, 1.54) is 0 Å². The van der Waals surface area contributed by atoms with Gasteiger partial charge in [0, 0.05) is 22.1 Å². The molecule has 0 fully saturated rings. The predicted octanol–water partition coefficient (Wildman–Crippen LogP) is 3.45. The molecule has 1 aromatic carbocycles. The number of hydrogen-bond acceptors (Lipinski definition) is 4. The molecular formula is C17H27ClN2O3S2. The highest BCUT2D eigenvalue weighted by molar-refractivity contribution is 8.00. The molecular weight excluding hydrogens is 380 g/mol. The maximum absolute atomic E-state index is 12.4. The third-order valence-corrected chi connectivity index (χ3v) is 6.36. The molecule has 0 saturated carbocycles. The van der Waals surface area contributed by atoms with Gasteiger partial charge in [-0.25, -0.2) is 8.42 Å². The molecule has 142 valence electrons. The summed E-state index contributed by atoms with van der Waals surface area (Å²) in [7, 11) is -3.64. The fourth-order valence-corrected chi connectivity index (χ4v) is 4.36. The quantitative estimate of drug-likeness (QED) is 0.704. The van der Waals surface area contributed by atoms with Gasteiger partial charge >= 0.3 is 0 Å². The van der Waals surface area contributed by atoms with E-state index >= 15 is 0 Å². The molecule has 1 atom stereocenters. The van der Waals surface area contributed by atoms with Gasteiger partial charge in [0.2, 0.25) is 15.9 Å². The van der Waals surface area contributed by atoms with Crippen LogP contribution in [0.25, 0.3) is 0 Å². The molecule has 1 N–H and O–H groups in total. The highest BCUT2D eigenvalue weighted by atomic mass is 35.5. The summed E-state index contributed by atoms with van der Waals surface area (Å²) in [6, 6.07) is 4.09. The normalized spacial score (nSPS) is 13.4. The van der Waals surface area contributed by atoms with Crippen molar-refractivity contribution >= 4 is 45.0 Å². The predicted molar refractivity (Wildman–Crippen MR) is 108 cm³/mol. The van der Waals surface area contributed by atoms with Gasteiger partial charge in [0.25, 0.3) is 0 Å². The van der Waals surface area contributed by atoms with Crippen molar-refractivity contribution in [3.8, 4) is 0 Å². The molecule has 1 aromatic rings. The first-order chi connectivity index (χ1) is 11.3. The van der Waals surface area contributed by atoms with E-state index in [4.69, 9.17) is 11.6 Å². The molecule has 25 heavy (non-hydrogen) atoms. The summed E-state index contributed by atoms with van der Waals surface area (Å²) in [6.07, 6.45) is 1.08. The van der Waals surface area contributed by atoms with Crippen molar-refractivity contribution < 1.29 is 13.2 Å². The van der Waals surface area contributed by atoms with Gasteiger partial charge in [-0.1, -0.05) is 38.4 Å². The van der Waals surface area contributed by atoms with E-state index in [2.05, 4.69) is 26.1 Å². The van der Waals surface area contributed by atoms with Gasteiger partial charge in [-0.2, -0.15) is 11.8 Å². The molecule has 0 aromatic heterocycles. The zero-order valence-corrected chi connectivity index (χ0v) is 18.0.